The molecule has 0 radical (unpaired) electrons. The van der Waals surface area contributed by atoms with Crippen LogP contribution in [0, 0.1) is 0 Å². The van der Waals surface area contributed by atoms with Crippen LogP contribution in [0.4, 0.5) is 5.69 Å². The molecule has 0 bridgehead atoms. The zero-order valence-corrected chi connectivity index (χ0v) is 11.4. The molecule has 94 valence electrons. The molecule has 0 spiro atoms. The lowest BCUT2D eigenvalue weighted by Gasteiger charge is -2.31. The van der Waals surface area contributed by atoms with Gasteiger partial charge in [-0.1, -0.05) is 18.9 Å². The van der Waals surface area contributed by atoms with Crippen molar-refractivity contribution in [1.29, 1.82) is 0 Å². The molecule has 2 rings (SSSR count). The maximum Gasteiger partial charge on any atom is 0.0772 e. The Morgan fingerprint density at radius 2 is 2.12 bits per heavy atom. The first-order chi connectivity index (χ1) is 8.33. The number of ether oxygens (including phenoxy) is 1. The van der Waals surface area contributed by atoms with Crippen LogP contribution in [0.15, 0.2) is 29.2 Å². The van der Waals surface area contributed by atoms with Crippen LogP contribution in [0.5, 0.6) is 0 Å². The standard InChI is InChI=1S/C14H21NOS/c1-16-14-9-4-3-8-13(14)15-11-6-5-7-12(10-11)17-2/h5-7,10,13-15H,3-4,8-9H2,1-2H3/t13-,14-/m0/s1. The Hall–Kier alpha value is -0.670. The first-order valence-electron chi connectivity index (χ1n) is 6.27. The van der Waals surface area contributed by atoms with Crippen LogP contribution in [0.2, 0.25) is 0 Å². The molecule has 1 saturated carbocycles. The number of methoxy groups -OCH3 is 1. The molecule has 1 aliphatic carbocycles. The van der Waals surface area contributed by atoms with E-state index in [0.717, 1.165) is 0 Å². The molecule has 17 heavy (non-hydrogen) atoms. The summed E-state index contributed by atoms with van der Waals surface area (Å²) in [5.41, 5.74) is 1.21. The van der Waals surface area contributed by atoms with Crippen molar-refractivity contribution >= 4 is 17.4 Å². The van der Waals surface area contributed by atoms with Crippen molar-refractivity contribution < 1.29 is 4.74 Å². The highest BCUT2D eigenvalue weighted by Gasteiger charge is 2.24. The fourth-order valence-corrected chi connectivity index (χ4v) is 2.93. The first kappa shape index (κ1) is 12.8. The molecule has 1 fully saturated rings. The Kier molecular flexibility index (Phi) is 4.75. The average Bonchev–Trinajstić information content (AvgIpc) is 2.39. The average molecular weight is 251 g/mol. The van der Waals surface area contributed by atoms with Crippen molar-refractivity contribution in [2.75, 3.05) is 18.7 Å². The van der Waals surface area contributed by atoms with Crippen molar-refractivity contribution in [1.82, 2.24) is 0 Å². The molecule has 0 heterocycles. The predicted octanol–water partition coefficient (Wildman–Crippen LogP) is 3.78. The minimum atomic E-state index is 0.363. The highest BCUT2D eigenvalue weighted by Crippen LogP contribution is 2.26. The van der Waals surface area contributed by atoms with Gasteiger partial charge in [-0.15, -0.1) is 11.8 Å². The monoisotopic (exact) mass is 251 g/mol. The maximum absolute atomic E-state index is 5.56. The number of anilines is 1. The summed E-state index contributed by atoms with van der Waals surface area (Å²) < 4.78 is 5.56. The van der Waals surface area contributed by atoms with Crippen LogP contribution in [-0.4, -0.2) is 25.5 Å². The minimum absolute atomic E-state index is 0.363. The van der Waals surface area contributed by atoms with Gasteiger partial charge in [-0.3, -0.25) is 0 Å². The van der Waals surface area contributed by atoms with Crippen LogP contribution >= 0.6 is 11.8 Å². The Bertz CT molecular complexity index is 356. The van der Waals surface area contributed by atoms with Crippen molar-refractivity contribution in [3.05, 3.63) is 24.3 Å². The minimum Gasteiger partial charge on any atom is -0.380 e. The summed E-state index contributed by atoms with van der Waals surface area (Å²) >= 11 is 1.78. The molecule has 0 unspecified atom stereocenters. The molecular formula is C14H21NOS. The number of rotatable bonds is 4. The second-order valence-electron chi connectivity index (χ2n) is 4.54. The molecule has 1 aromatic carbocycles. The van der Waals surface area contributed by atoms with E-state index in [4.69, 9.17) is 4.74 Å². The summed E-state index contributed by atoms with van der Waals surface area (Å²) in [6, 6.07) is 9.07. The summed E-state index contributed by atoms with van der Waals surface area (Å²) in [6.07, 6.45) is 7.46. The van der Waals surface area contributed by atoms with Gasteiger partial charge in [0.1, 0.15) is 0 Å². The van der Waals surface area contributed by atoms with Crippen LogP contribution in [0.25, 0.3) is 0 Å². The van der Waals surface area contributed by atoms with Crippen molar-refractivity contribution in [3.8, 4) is 0 Å². The van der Waals surface area contributed by atoms with Gasteiger partial charge in [0.25, 0.3) is 0 Å². The van der Waals surface area contributed by atoms with Crippen LogP contribution in [-0.2, 0) is 4.74 Å². The lowest BCUT2D eigenvalue weighted by molar-refractivity contribution is 0.0606. The smallest absolute Gasteiger partial charge is 0.0772 e. The third-order valence-corrected chi connectivity index (χ3v) is 4.15. The van der Waals surface area contributed by atoms with Gasteiger partial charge in [-0.2, -0.15) is 0 Å². The van der Waals surface area contributed by atoms with Gasteiger partial charge in [0.15, 0.2) is 0 Å². The van der Waals surface area contributed by atoms with Gasteiger partial charge in [-0.05, 0) is 37.3 Å². The molecule has 1 aliphatic rings. The molecule has 1 aromatic rings. The first-order valence-corrected chi connectivity index (χ1v) is 7.49. The van der Waals surface area contributed by atoms with Gasteiger partial charge in [0.2, 0.25) is 0 Å². The summed E-state index contributed by atoms with van der Waals surface area (Å²) in [7, 11) is 1.82. The van der Waals surface area contributed by atoms with E-state index in [-0.39, 0.29) is 0 Å². The molecule has 0 amide bonds. The van der Waals surface area contributed by atoms with Gasteiger partial charge in [0.05, 0.1) is 12.1 Å². The largest absolute Gasteiger partial charge is 0.380 e. The fourth-order valence-electron chi connectivity index (χ4n) is 2.47. The van der Waals surface area contributed by atoms with Crippen LogP contribution in [0.1, 0.15) is 25.7 Å². The van der Waals surface area contributed by atoms with Crippen LogP contribution < -0.4 is 5.32 Å². The molecule has 0 aliphatic heterocycles. The SMILES string of the molecule is CO[C@H]1CCCC[C@@H]1Nc1cccc(SC)c1. The third kappa shape index (κ3) is 3.39. The van der Waals surface area contributed by atoms with Gasteiger partial charge in [-0.25, -0.2) is 0 Å². The van der Waals surface area contributed by atoms with E-state index in [1.165, 1.54) is 36.3 Å². The second kappa shape index (κ2) is 6.31. The number of nitrogens with one attached hydrogen (secondary N) is 1. The van der Waals surface area contributed by atoms with Crippen molar-refractivity contribution in [2.45, 2.75) is 42.7 Å². The number of benzene rings is 1. The molecule has 0 saturated heterocycles. The number of hydrogen-bond donors (Lipinski definition) is 1. The zero-order chi connectivity index (χ0) is 12.1. The van der Waals surface area contributed by atoms with E-state index in [9.17, 15) is 0 Å². The Labute approximate surface area is 108 Å². The summed E-state index contributed by atoms with van der Waals surface area (Å²) in [5, 5.41) is 3.62. The van der Waals surface area contributed by atoms with Crippen molar-refractivity contribution in [3.63, 3.8) is 0 Å². The summed E-state index contributed by atoms with van der Waals surface area (Å²) in [4.78, 5) is 1.31. The van der Waals surface area contributed by atoms with E-state index in [1.54, 1.807) is 11.8 Å². The highest BCUT2D eigenvalue weighted by atomic mass is 32.2. The van der Waals surface area contributed by atoms with Crippen molar-refractivity contribution in [2.24, 2.45) is 0 Å². The second-order valence-corrected chi connectivity index (χ2v) is 5.42. The maximum atomic E-state index is 5.56. The van der Waals surface area contributed by atoms with E-state index in [1.807, 2.05) is 7.11 Å². The van der Waals surface area contributed by atoms with E-state index in [0.29, 0.717) is 12.1 Å². The summed E-state index contributed by atoms with van der Waals surface area (Å²) in [5.74, 6) is 0. The molecule has 2 atom stereocenters. The third-order valence-electron chi connectivity index (χ3n) is 3.43. The Balaban J connectivity index is 2.02. The number of hydrogen-bond acceptors (Lipinski definition) is 3. The van der Waals surface area contributed by atoms with Crippen LogP contribution in [0.3, 0.4) is 0 Å². The molecule has 1 N–H and O–H groups in total. The zero-order valence-electron chi connectivity index (χ0n) is 10.6. The molecule has 3 heteroatoms. The fraction of sp³-hybridized carbons (Fsp3) is 0.571. The van der Waals surface area contributed by atoms with E-state index >= 15 is 0 Å². The number of thioether (sulfide) groups is 1. The molecular weight excluding hydrogens is 230 g/mol. The molecule has 2 nitrogen and oxygen atoms in total. The topological polar surface area (TPSA) is 21.3 Å². The van der Waals surface area contributed by atoms with E-state index in [2.05, 4.69) is 35.8 Å². The van der Waals surface area contributed by atoms with Gasteiger partial charge >= 0.3 is 0 Å². The Morgan fingerprint density at radius 1 is 1.29 bits per heavy atom. The van der Waals surface area contributed by atoms with E-state index < -0.39 is 0 Å². The molecule has 0 aromatic heterocycles. The van der Waals surface area contributed by atoms with Gasteiger partial charge < -0.3 is 10.1 Å². The lowest BCUT2D eigenvalue weighted by atomic mass is 9.92. The lowest BCUT2D eigenvalue weighted by Crippen LogP contribution is -2.37. The normalized spacial score (nSPS) is 24.6. The predicted molar refractivity (Wildman–Crippen MR) is 74.9 cm³/mol. The van der Waals surface area contributed by atoms with Gasteiger partial charge in [0, 0.05) is 17.7 Å². The quantitative estimate of drug-likeness (QED) is 0.823. The summed E-state index contributed by atoms with van der Waals surface area (Å²) in [6.45, 7) is 0. The highest BCUT2D eigenvalue weighted by molar-refractivity contribution is 7.98. The Morgan fingerprint density at radius 3 is 2.88 bits per heavy atom.